The lowest BCUT2D eigenvalue weighted by Gasteiger charge is -2.22. The highest BCUT2D eigenvalue weighted by Crippen LogP contribution is 2.24. The average Bonchev–Trinajstić information content (AvgIpc) is 2.77. The van der Waals surface area contributed by atoms with E-state index in [-0.39, 0.29) is 12.6 Å². The third-order valence-electron chi connectivity index (χ3n) is 2.93. The molecule has 0 aliphatic carbocycles. The van der Waals surface area contributed by atoms with E-state index in [1.807, 2.05) is 0 Å². The van der Waals surface area contributed by atoms with Crippen LogP contribution in [0.5, 0.6) is 0 Å². The zero-order valence-corrected chi connectivity index (χ0v) is 8.26. The van der Waals surface area contributed by atoms with E-state index in [1.54, 1.807) is 0 Å². The van der Waals surface area contributed by atoms with Crippen LogP contribution in [-0.2, 0) is 6.54 Å². The molecular weight excluding hydrogens is 182 g/mol. The van der Waals surface area contributed by atoms with E-state index in [9.17, 15) is 5.11 Å². The van der Waals surface area contributed by atoms with Crippen molar-refractivity contribution in [3.8, 4) is 0 Å². The molecule has 0 spiro atoms. The molecule has 1 saturated heterocycles. The van der Waals surface area contributed by atoms with Crippen LogP contribution in [0.3, 0.4) is 0 Å². The van der Waals surface area contributed by atoms with Crippen LogP contribution in [-0.4, -0.2) is 39.3 Å². The summed E-state index contributed by atoms with van der Waals surface area (Å²) >= 11 is 0. The Kier molecular flexibility index (Phi) is 2.79. The maximum absolute atomic E-state index is 9.23. The van der Waals surface area contributed by atoms with Gasteiger partial charge in [-0.2, -0.15) is 4.98 Å². The Hall–Kier alpha value is -0.940. The highest BCUT2D eigenvalue weighted by molar-refractivity contribution is 4.87. The Bertz CT molecular complexity index is 276. The number of likely N-dealkylation sites (tertiary alicyclic amines) is 1. The van der Waals surface area contributed by atoms with E-state index < -0.39 is 0 Å². The van der Waals surface area contributed by atoms with Crippen molar-refractivity contribution in [3.63, 3.8) is 0 Å². The molecule has 5 heteroatoms. The van der Waals surface area contributed by atoms with Crippen molar-refractivity contribution < 1.29 is 9.63 Å². The minimum absolute atomic E-state index is 0.204. The van der Waals surface area contributed by atoms with Gasteiger partial charge in [0, 0.05) is 6.04 Å². The Balaban J connectivity index is 1.98. The van der Waals surface area contributed by atoms with Gasteiger partial charge in [0.15, 0.2) is 6.33 Å². The molecule has 1 fully saturated rings. The lowest BCUT2D eigenvalue weighted by molar-refractivity contribution is 0.123. The molecule has 5 nitrogen and oxygen atoms in total. The molecule has 78 valence electrons. The summed E-state index contributed by atoms with van der Waals surface area (Å²) in [5, 5.41) is 12.8. The topological polar surface area (TPSA) is 62.4 Å². The second-order valence-electron chi connectivity index (χ2n) is 3.82. The second-order valence-corrected chi connectivity index (χ2v) is 3.82. The summed E-state index contributed by atoms with van der Waals surface area (Å²) in [5.74, 6) is 1.17. The first kappa shape index (κ1) is 9.61. The molecule has 14 heavy (non-hydrogen) atoms. The van der Waals surface area contributed by atoms with Crippen LogP contribution < -0.4 is 0 Å². The van der Waals surface area contributed by atoms with Crippen LogP contribution in [0.15, 0.2) is 10.9 Å². The fraction of sp³-hybridized carbons (Fsp3) is 0.778. The standard InChI is InChI=1S/C9H15N3O2/c1-7-2-3-12(8(7)5-13)4-9-10-6-11-14-9/h6-8,13H,2-5H2,1H3. The molecule has 2 atom stereocenters. The molecule has 0 aromatic carbocycles. The predicted octanol–water partition coefficient (Wildman–Crippen LogP) is 0.272. The summed E-state index contributed by atoms with van der Waals surface area (Å²) < 4.78 is 4.94. The summed E-state index contributed by atoms with van der Waals surface area (Å²) in [6, 6.07) is 0.238. The van der Waals surface area contributed by atoms with E-state index in [0.29, 0.717) is 18.4 Å². The molecule has 1 aromatic rings. The minimum atomic E-state index is 0.204. The predicted molar refractivity (Wildman–Crippen MR) is 49.4 cm³/mol. The quantitative estimate of drug-likeness (QED) is 0.753. The zero-order chi connectivity index (χ0) is 9.97. The molecule has 1 aromatic heterocycles. The first-order valence-corrected chi connectivity index (χ1v) is 4.91. The molecule has 1 aliphatic rings. The third-order valence-corrected chi connectivity index (χ3v) is 2.93. The van der Waals surface area contributed by atoms with Crippen molar-refractivity contribution >= 4 is 0 Å². The van der Waals surface area contributed by atoms with Gasteiger partial charge in [-0.25, -0.2) is 0 Å². The number of hydrogen-bond acceptors (Lipinski definition) is 5. The zero-order valence-electron chi connectivity index (χ0n) is 8.26. The second kappa shape index (κ2) is 4.06. The summed E-state index contributed by atoms with van der Waals surface area (Å²) in [4.78, 5) is 6.17. The number of aromatic nitrogens is 2. The maximum Gasteiger partial charge on any atom is 0.240 e. The Morgan fingerprint density at radius 1 is 1.71 bits per heavy atom. The van der Waals surface area contributed by atoms with Crippen LogP contribution in [0.25, 0.3) is 0 Å². The van der Waals surface area contributed by atoms with Crippen LogP contribution in [0, 0.1) is 5.92 Å². The fourth-order valence-corrected chi connectivity index (χ4v) is 2.02. The van der Waals surface area contributed by atoms with Gasteiger partial charge in [-0.1, -0.05) is 12.1 Å². The van der Waals surface area contributed by atoms with Crippen molar-refractivity contribution in [1.29, 1.82) is 0 Å². The van der Waals surface area contributed by atoms with Gasteiger partial charge in [-0.3, -0.25) is 4.90 Å². The lowest BCUT2D eigenvalue weighted by atomic mass is 10.0. The van der Waals surface area contributed by atoms with Gasteiger partial charge in [-0.15, -0.1) is 0 Å². The molecule has 0 bridgehead atoms. The fourth-order valence-electron chi connectivity index (χ4n) is 2.02. The van der Waals surface area contributed by atoms with E-state index in [0.717, 1.165) is 13.0 Å². The van der Waals surface area contributed by atoms with E-state index >= 15 is 0 Å². The van der Waals surface area contributed by atoms with E-state index in [1.165, 1.54) is 6.33 Å². The van der Waals surface area contributed by atoms with Gasteiger partial charge < -0.3 is 9.63 Å². The van der Waals surface area contributed by atoms with Crippen LogP contribution in [0.2, 0.25) is 0 Å². The summed E-state index contributed by atoms with van der Waals surface area (Å²) in [5.41, 5.74) is 0. The maximum atomic E-state index is 9.23. The highest BCUT2D eigenvalue weighted by atomic mass is 16.5. The normalized spacial score (nSPS) is 28.4. The monoisotopic (exact) mass is 197 g/mol. The molecule has 0 saturated carbocycles. The minimum Gasteiger partial charge on any atom is -0.395 e. The molecule has 0 radical (unpaired) electrons. The molecule has 2 rings (SSSR count). The van der Waals surface area contributed by atoms with Crippen LogP contribution in [0.4, 0.5) is 0 Å². The molecule has 2 unspecified atom stereocenters. The molecule has 2 heterocycles. The Morgan fingerprint density at radius 3 is 3.21 bits per heavy atom. The molecule has 1 N–H and O–H groups in total. The first-order valence-electron chi connectivity index (χ1n) is 4.91. The van der Waals surface area contributed by atoms with Gasteiger partial charge >= 0.3 is 0 Å². The van der Waals surface area contributed by atoms with E-state index in [4.69, 9.17) is 4.52 Å². The summed E-state index contributed by atoms with van der Waals surface area (Å²) in [7, 11) is 0. The molecule has 1 aliphatic heterocycles. The molecule has 0 amide bonds. The number of rotatable bonds is 3. The number of aliphatic hydroxyl groups is 1. The highest BCUT2D eigenvalue weighted by Gasteiger charge is 2.31. The van der Waals surface area contributed by atoms with Crippen LogP contribution >= 0.6 is 0 Å². The number of aliphatic hydroxyl groups excluding tert-OH is 1. The average molecular weight is 197 g/mol. The Morgan fingerprint density at radius 2 is 2.57 bits per heavy atom. The van der Waals surface area contributed by atoms with Crippen LogP contribution in [0.1, 0.15) is 19.2 Å². The van der Waals surface area contributed by atoms with Crippen molar-refractivity contribution in [3.05, 3.63) is 12.2 Å². The van der Waals surface area contributed by atoms with Gasteiger partial charge in [-0.05, 0) is 18.9 Å². The van der Waals surface area contributed by atoms with Crippen molar-refractivity contribution in [2.75, 3.05) is 13.2 Å². The summed E-state index contributed by atoms with van der Waals surface area (Å²) in [6.45, 7) is 4.01. The molecular formula is C9H15N3O2. The smallest absolute Gasteiger partial charge is 0.240 e. The number of nitrogens with zero attached hydrogens (tertiary/aromatic N) is 3. The van der Waals surface area contributed by atoms with Crippen molar-refractivity contribution in [1.82, 2.24) is 15.0 Å². The Labute approximate surface area is 82.7 Å². The van der Waals surface area contributed by atoms with Crippen molar-refractivity contribution in [2.45, 2.75) is 25.9 Å². The summed E-state index contributed by atoms with van der Waals surface area (Å²) in [6.07, 6.45) is 2.53. The largest absolute Gasteiger partial charge is 0.395 e. The number of hydrogen-bond donors (Lipinski definition) is 1. The van der Waals surface area contributed by atoms with Gasteiger partial charge in [0.2, 0.25) is 5.89 Å². The van der Waals surface area contributed by atoms with Crippen molar-refractivity contribution in [2.24, 2.45) is 5.92 Å². The van der Waals surface area contributed by atoms with E-state index in [2.05, 4.69) is 22.0 Å². The van der Waals surface area contributed by atoms with Gasteiger partial charge in [0.1, 0.15) is 0 Å². The lowest BCUT2D eigenvalue weighted by Crippen LogP contribution is -2.34. The van der Waals surface area contributed by atoms with Gasteiger partial charge in [0.05, 0.1) is 13.2 Å². The SMILES string of the molecule is CC1CCN(Cc2ncno2)C1CO. The first-order chi connectivity index (χ1) is 6.81. The van der Waals surface area contributed by atoms with Gasteiger partial charge in [0.25, 0.3) is 0 Å². The third kappa shape index (κ3) is 1.78.